The Labute approximate surface area is 334 Å². The number of pyridine rings is 4. The van der Waals surface area contributed by atoms with Gasteiger partial charge in [0.05, 0.1) is 34.1 Å². The normalized spacial score (nSPS) is 11.4. The lowest BCUT2D eigenvalue weighted by Gasteiger charge is -2.26. The Morgan fingerprint density at radius 1 is 0.397 bits per heavy atom. The molecule has 0 unspecified atom stereocenters. The van der Waals surface area contributed by atoms with Crippen LogP contribution in [0.3, 0.4) is 0 Å². The third-order valence-electron chi connectivity index (χ3n) is 10.8. The zero-order valence-electron chi connectivity index (χ0n) is 31.2. The molecule has 6 aromatic carbocycles. The molecule has 0 radical (unpaired) electrons. The highest BCUT2D eigenvalue weighted by Crippen LogP contribution is 2.39. The van der Waals surface area contributed by atoms with Crippen LogP contribution in [0.25, 0.3) is 88.6 Å². The number of furan rings is 1. The van der Waals surface area contributed by atoms with Crippen molar-refractivity contribution in [3.05, 3.63) is 201 Å². The number of fused-ring (bicyclic) bond motifs is 5. The van der Waals surface area contributed by atoms with Gasteiger partial charge in [-0.1, -0.05) is 103 Å². The molecule has 6 nitrogen and oxygen atoms in total. The van der Waals surface area contributed by atoms with Crippen molar-refractivity contribution in [3.8, 4) is 44.8 Å². The molecule has 0 bridgehead atoms. The lowest BCUT2D eigenvalue weighted by molar-refractivity contribution is 0.667. The van der Waals surface area contributed by atoms with Gasteiger partial charge >= 0.3 is 0 Å². The van der Waals surface area contributed by atoms with Crippen LogP contribution >= 0.6 is 0 Å². The second-order valence-corrected chi connectivity index (χ2v) is 14.3. The van der Waals surface area contributed by atoms with Crippen molar-refractivity contribution in [1.29, 1.82) is 0 Å². The standard InChI is InChI=1S/C52H33N5O/c1-2-9-35(10-3-1)44-30-49(56-47-14-8-28-53-52(44)47)37-20-26-42(27-21-37)57(40-22-16-34(17-23-40)39-29-38-11-4-6-13-46(38)54-32-39)41-24-18-36(19-25-41)48-31-45-43-12-5-7-15-50(43)58-51(45)33-55-48/h1-33H. The number of nitrogens with zero attached hydrogens (tertiary/aromatic N) is 5. The number of rotatable bonds is 7. The number of para-hydroxylation sites is 2. The van der Waals surface area contributed by atoms with Gasteiger partial charge in [0.25, 0.3) is 0 Å². The SMILES string of the molecule is c1ccc(-c2cc(-c3ccc(N(c4ccc(-c5cnc6ccccc6c5)cc4)c4ccc(-c5cc6c(cn5)oc5ccccc56)cc4)cc3)nc3cccnc23)cc1. The number of hydrogen-bond donors (Lipinski definition) is 0. The minimum Gasteiger partial charge on any atom is -0.454 e. The van der Waals surface area contributed by atoms with Crippen LogP contribution in [-0.4, -0.2) is 19.9 Å². The molecule has 0 spiro atoms. The first-order valence-corrected chi connectivity index (χ1v) is 19.3. The molecule has 0 atom stereocenters. The topological polar surface area (TPSA) is 67.9 Å². The van der Waals surface area contributed by atoms with Crippen molar-refractivity contribution in [2.24, 2.45) is 0 Å². The van der Waals surface area contributed by atoms with E-state index >= 15 is 0 Å². The van der Waals surface area contributed by atoms with E-state index in [4.69, 9.17) is 24.4 Å². The van der Waals surface area contributed by atoms with Gasteiger partial charge in [0.1, 0.15) is 5.58 Å². The first-order chi connectivity index (χ1) is 28.7. The van der Waals surface area contributed by atoms with Crippen molar-refractivity contribution in [1.82, 2.24) is 19.9 Å². The molecule has 11 rings (SSSR count). The highest BCUT2D eigenvalue weighted by molar-refractivity contribution is 6.05. The summed E-state index contributed by atoms with van der Waals surface area (Å²) in [6.07, 6.45) is 5.60. The quantitative estimate of drug-likeness (QED) is 0.162. The lowest BCUT2D eigenvalue weighted by atomic mass is 10.0. The average Bonchev–Trinajstić information content (AvgIpc) is 3.68. The predicted molar refractivity (Wildman–Crippen MR) is 236 cm³/mol. The third-order valence-corrected chi connectivity index (χ3v) is 10.8. The van der Waals surface area contributed by atoms with Crippen LogP contribution in [0.4, 0.5) is 17.1 Å². The Balaban J connectivity index is 0.979. The summed E-state index contributed by atoms with van der Waals surface area (Å²) in [4.78, 5) is 21.5. The monoisotopic (exact) mass is 743 g/mol. The predicted octanol–water partition coefficient (Wildman–Crippen LogP) is 13.6. The van der Waals surface area contributed by atoms with E-state index in [1.807, 2.05) is 67.1 Å². The Hall–Kier alpha value is -7.96. The fourth-order valence-electron chi connectivity index (χ4n) is 7.88. The summed E-state index contributed by atoms with van der Waals surface area (Å²) >= 11 is 0. The molecule has 11 aromatic rings. The zero-order chi connectivity index (χ0) is 38.4. The first-order valence-electron chi connectivity index (χ1n) is 19.3. The summed E-state index contributed by atoms with van der Waals surface area (Å²) in [6.45, 7) is 0. The van der Waals surface area contributed by atoms with Crippen LogP contribution < -0.4 is 4.90 Å². The third kappa shape index (κ3) is 6.01. The van der Waals surface area contributed by atoms with Gasteiger partial charge < -0.3 is 9.32 Å². The van der Waals surface area contributed by atoms with E-state index < -0.39 is 0 Å². The van der Waals surface area contributed by atoms with Gasteiger partial charge in [0, 0.05) is 67.9 Å². The lowest BCUT2D eigenvalue weighted by Crippen LogP contribution is -2.09. The number of aromatic nitrogens is 4. The largest absolute Gasteiger partial charge is 0.454 e. The van der Waals surface area contributed by atoms with Gasteiger partial charge in [-0.05, 0) is 90.0 Å². The Morgan fingerprint density at radius 2 is 1.05 bits per heavy atom. The highest BCUT2D eigenvalue weighted by Gasteiger charge is 2.16. The van der Waals surface area contributed by atoms with Gasteiger partial charge in [0.2, 0.25) is 0 Å². The van der Waals surface area contributed by atoms with E-state index in [0.29, 0.717) is 0 Å². The molecule has 0 saturated carbocycles. The average molecular weight is 744 g/mol. The van der Waals surface area contributed by atoms with Gasteiger partial charge in [-0.15, -0.1) is 0 Å². The van der Waals surface area contributed by atoms with Gasteiger partial charge in [-0.25, -0.2) is 4.98 Å². The van der Waals surface area contributed by atoms with Crippen molar-refractivity contribution in [2.45, 2.75) is 0 Å². The van der Waals surface area contributed by atoms with Gasteiger partial charge in [-0.3, -0.25) is 15.0 Å². The van der Waals surface area contributed by atoms with Gasteiger partial charge in [-0.2, -0.15) is 0 Å². The molecule has 0 aliphatic rings. The first kappa shape index (κ1) is 33.4. The molecule has 0 fully saturated rings. The zero-order valence-corrected chi connectivity index (χ0v) is 31.2. The maximum absolute atomic E-state index is 6.05. The molecule has 5 aromatic heterocycles. The minimum atomic E-state index is 0.783. The number of anilines is 3. The van der Waals surface area contributed by atoms with E-state index in [9.17, 15) is 0 Å². The minimum absolute atomic E-state index is 0.783. The van der Waals surface area contributed by atoms with E-state index in [2.05, 4.69) is 138 Å². The maximum Gasteiger partial charge on any atom is 0.153 e. The van der Waals surface area contributed by atoms with Crippen molar-refractivity contribution >= 4 is 60.9 Å². The molecule has 272 valence electrons. The fraction of sp³-hybridized carbons (Fsp3) is 0. The maximum atomic E-state index is 6.05. The molecule has 0 amide bonds. The molecule has 0 N–H and O–H groups in total. The van der Waals surface area contributed by atoms with E-state index in [1.165, 1.54) is 0 Å². The van der Waals surface area contributed by atoms with E-state index in [1.54, 1.807) is 0 Å². The van der Waals surface area contributed by atoms with Crippen molar-refractivity contribution in [2.75, 3.05) is 4.90 Å². The summed E-state index contributed by atoms with van der Waals surface area (Å²) in [5.41, 5.74) is 15.6. The second-order valence-electron chi connectivity index (χ2n) is 14.3. The second kappa shape index (κ2) is 14.0. The molecule has 0 aliphatic heterocycles. The molecular weight excluding hydrogens is 711 g/mol. The van der Waals surface area contributed by atoms with Crippen LogP contribution in [0.5, 0.6) is 0 Å². The van der Waals surface area contributed by atoms with E-state index in [-0.39, 0.29) is 0 Å². The number of benzene rings is 6. The highest BCUT2D eigenvalue weighted by atomic mass is 16.3. The van der Waals surface area contributed by atoms with Gasteiger partial charge in [0.15, 0.2) is 5.58 Å². The van der Waals surface area contributed by atoms with Crippen LogP contribution in [0.15, 0.2) is 205 Å². The van der Waals surface area contributed by atoms with Crippen molar-refractivity contribution < 1.29 is 4.42 Å². The van der Waals surface area contributed by atoms with Crippen LogP contribution in [-0.2, 0) is 0 Å². The molecule has 0 aliphatic carbocycles. The van der Waals surface area contributed by atoms with Crippen LogP contribution in [0.2, 0.25) is 0 Å². The molecular formula is C52H33N5O. The van der Waals surface area contributed by atoms with Crippen molar-refractivity contribution in [3.63, 3.8) is 0 Å². The molecule has 0 saturated heterocycles. The smallest absolute Gasteiger partial charge is 0.153 e. The summed E-state index contributed by atoms with van der Waals surface area (Å²) < 4.78 is 6.05. The Kier molecular flexibility index (Phi) is 8.04. The van der Waals surface area contributed by atoms with Crippen LogP contribution in [0, 0.1) is 0 Å². The summed E-state index contributed by atoms with van der Waals surface area (Å²) in [5, 5.41) is 3.26. The Morgan fingerprint density at radius 3 is 1.83 bits per heavy atom. The van der Waals surface area contributed by atoms with Crippen LogP contribution in [0.1, 0.15) is 0 Å². The molecule has 58 heavy (non-hydrogen) atoms. The summed E-state index contributed by atoms with van der Waals surface area (Å²) in [6, 6.07) is 63.1. The molecule has 5 heterocycles. The summed E-state index contributed by atoms with van der Waals surface area (Å²) in [7, 11) is 0. The fourth-order valence-corrected chi connectivity index (χ4v) is 7.88. The Bertz CT molecular complexity index is 3270. The van der Waals surface area contributed by atoms with E-state index in [0.717, 1.165) is 106 Å². The summed E-state index contributed by atoms with van der Waals surface area (Å²) in [5.74, 6) is 0. The number of hydrogen-bond acceptors (Lipinski definition) is 6. The molecule has 6 heteroatoms.